The second-order valence-electron chi connectivity index (χ2n) is 2.51. The first-order chi connectivity index (χ1) is 5.20. The van der Waals surface area contributed by atoms with Crippen molar-refractivity contribution in [3.05, 3.63) is 41.2 Å². The first-order valence-corrected chi connectivity index (χ1v) is 3.53. The fourth-order valence-electron chi connectivity index (χ4n) is 0.816. The number of carbonyl (C=O) groups is 1. The van der Waals surface area contributed by atoms with Gasteiger partial charge >= 0.3 is 0 Å². The first-order valence-electron chi connectivity index (χ1n) is 3.53. The van der Waals surface area contributed by atoms with Crippen molar-refractivity contribution in [1.29, 1.82) is 0 Å². The van der Waals surface area contributed by atoms with Crippen molar-refractivity contribution < 1.29 is 4.79 Å². The van der Waals surface area contributed by atoms with E-state index < -0.39 is 0 Å². The second kappa shape index (κ2) is 3.18. The van der Waals surface area contributed by atoms with Gasteiger partial charge in [0.2, 0.25) is 0 Å². The molecular formula is C10H10O. The molecule has 0 amide bonds. The Hall–Kier alpha value is -1.33. The van der Waals surface area contributed by atoms with Crippen LogP contribution in [-0.2, 0) is 4.79 Å². The molecule has 0 unspecified atom stereocenters. The molecule has 0 saturated carbocycles. The van der Waals surface area contributed by atoms with Crippen molar-refractivity contribution in [2.45, 2.75) is 13.8 Å². The Morgan fingerprint density at radius 2 is 2.18 bits per heavy atom. The summed E-state index contributed by atoms with van der Waals surface area (Å²) >= 11 is 0. The zero-order valence-corrected chi connectivity index (χ0v) is 6.72. The standard InChI is InChI=1S/C10H10O/c1-8-4-3-5-10(7-6-8)9(2)11/h3,5-7H,1-2H3. The average Bonchev–Trinajstić information content (AvgIpc) is 2.13. The summed E-state index contributed by atoms with van der Waals surface area (Å²) in [7, 11) is 0. The Bertz CT molecular complexity index is 297. The fraction of sp³-hybridized carbons (Fsp3) is 0.200. The van der Waals surface area contributed by atoms with Crippen LogP contribution in [0.5, 0.6) is 0 Å². The molecule has 0 saturated heterocycles. The van der Waals surface area contributed by atoms with Gasteiger partial charge in [0.05, 0.1) is 0 Å². The molecule has 0 aromatic rings. The lowest BCUT2D eigenvalue weighted by atomic mass is 10.1. The number of hydrogen-bond donors (Lipinski definition) is 0. The van der Waals surface area contributed by atoms with E-state index in [0.29, 0.717) is 0 Å². The van der Waals surface area contributed by atoms with E-state index >= 15 is 0 Å². The number of hydrogen-bond acceptors (Lipinski definition) is 1. The van der Waals surface area contributed by atoms with E-state index in [1.807, 2.05) is 19.1 Å². The summed E-state index contributed by atoms with van der Waals surface area (Å²) in [5.41, 5.74) is 4.78. The average molecular weight is 146 g/mol. The quantitative estimate of drug-likeness (QED) is 0.518. The Morgan fingerprint density at radius 1 is 1.45 bits per heavy atom. The molecule has 0 spiro atoms. The summed E-state index contributed by atoms with van der Waals surface area (Å²) in [6, 6.07) is 0. The third kappa shape index (κ3) is 2.06. The lowest BCUT2D eigenvalue weighted by molar-refractivity contribution is -0.113. The predicted molar refractivity (Wildman–Crippen MR) is 45.2 cm³/mol. The Morgan fingerprint density at radius 3 is 2.82 bits per heavy atom. The monoisotopic (exact) mass is 146 g/mol. The molecule has 56 valence electrons. The Labute approximate surface area is 66.4 Å². The van der Waals surface area contributed by atoms with E-state index in [2.05, 4.69) is 5.73 Å². The van der Waals surface area contributed by atoms with Gasteiger partial charge in [0, 0.05) is 5.57 Å². The van der Waals surface area contributed by atoms with Crippen LogP contribution >= 0.6 is 0 Å². The van der Waals surface area contributed by atoms with E-state index in [-0.39, 0.29) is 5.78 Å². The largest absolute Gasteiger partial charge is 0.295 e. The number of ketones is 1. The van der Waals surface area contributed by atoms with Crippen molar-refractivity contribution in [1.82, 2.24) is 0 Å². The highest BCUT2D eigenvalue weighted by molar-refractivity contribution is 5.96. The summed E-state index contributed by atoms with van der Waals surface area (Å²) in [5.74, 6) is 0.0917. The first kappa shape index (κ1) is 7.77. The highest BCUT2D eigenvalue weighted by Crippen LogP contribution is 2.05. The van der Waals surface area contributed by atoms with Crippen molar-refractivity contribution in [3.8, 4) is 0 Å². The Kier molecular flexibility index (Phi) is 2.25. The van der Waals surface area contributed by atoms with E-state index in [1.54, 1.807) is 19.1 Å². The molecular weight excluding hydrogens is 136 g/mol. The summed E-state index contributed by atoms with van der Waals surface area (Å²) in [6.45, 7) is 3.51. The van der Waals surface area contributed by atoms with Gasteiger partial charge in [-0.25, -0.2) is 0 Å². The van der Waals surface area contributed by atoms with Gasteiger partial charge in [-0.15, -0.1) is 5.73 Å². The van der Waals surface area contributed by atoms with E-state index in [0.717, 1.165) is 11.1 Å². The molecule has 0 bridgehead atoms. The van der Waals surface area contributed by atoms with Crippen LogP contribution in [0.1, 0.15) is 13.8 Å². The minimum Gasteiger partial charge on any atom is -0.295 e. The van der Waals surface area contributed by atoms with Crippen LogP contribution < -0.4 is 0 Å². The van der Waals surface area contributed by atoms with E-state index in [4.69, 9.17) is 0 Å². The summed E-state index contributed by atoms with van der Waals surface area (Å²) in [5, 5.41) is 0. The molecule has 1 aliphatic carbocycles. The lowest BCUT2D eigenvalue weighted by Crippen LogP contribution is -1.91. The second-order valence-corrected chi connectivity index (χ2v) is 2.51. The minimum atomic E-state index is 0.0917. The van der Waals surface area contributed by atoms with Gasteiger partial charge < -0.3 is 0 Å². The van der Waals surface area contributed by atoms with Crippen LogP contribution in [0.3, 0.4) is 0 Å². The summed E-state index contributed by atoms with van der Waals surface area (Å²) in [6.07, 6.45) is 7.24. The van der Waals surface area contributed by atoms with Crippen molar-refractivity contribution in [3.63, 3.8) is 0 Å². The molecule has 1 aliphatic rings. The van der Waals surface area contributed by atoms with Gasteiger partial charge in [-0.2, -0.15) is 0 Å². The number of carbonyl (C=O) groups excluding carboxylic acids is 1. The molecule has 0 aromatic heterocycles. The van der Waals surface area contributed by atoms with Gasteiger partial charge in [0.1, 0.15) is 0 Å². The zero-order valence-electron chi connectivity index (χ0n) is 6.72. The normalized spacial score (nSPS) is 15.5. The van der Waals surface area contributed by atoms with Crippen LogP contribution in [0, 0.1) is 0 Å². The molecule has 1 heteroatoms. The molecule has 0 aromatic carbocycles. The molecule has 1 rings (SSSR count). The molecule has 1 nitrogen and oxygen atoms in total. The summed E-state index contributed by atoms with van der Waals surface area (Å²) < 4.78 is 0. The SMILES string of the molecule is CC(=O)C1=CC=C=C(C)C=C1. The van der Waals surface area contributed by atoms with Crippen LogP contribution in [0.4, 0.5) is 0 Å². The third-order valence-corrected chi connectivity index (χ3v) is 1.49. The molecule has 0 N–H and O–H groups in total. The van der Waals surface area contributed by atoms with Gasteiger partial charge in [0.15, 0.2) is 5.78 Å². The van der Waals surface area contributed by atoms with Gasteiger partial charge in [-0.3, -0.25) is 4.79 Å². The van der Waals surface area contributed by atoms with E-state index in [1.165, 1.54) is 0 Å². The van der Waals surface area contributed by atoms with Gasteiger partial charge in [-0.05, 0) is 31.6 Å². The van der Waals surface area contributed by atoms with Crippen molar-refractivity contribution >= 4 is 5.78 Å². The van der Waals surface area contributed by atoms with Crippen LogP contribution in [0.2, 0.25) is 0 Å². The maximum Gasteiger partial charge on any atom is 0.159 e. The molecule has 0 heterocycles. The van der Waals surface area contributed by atoms with Crippen LogP contribution in [0.25, 0.3) is 0 Å². The highest BCUT2D eigenvalue weighted by Gasteiger charge is 1.97. The third-order valence-electron chi connectivity index (χ3n) is 1.49. The zero-order chi connectivity index (χ0) is 8.27. The molecule has 11 heavy (non-hydrogen) atoms. The fourth-order valence-corrected chi connectivity index (χ4v) is 0.816. The maximum absolute atomic E-state index is 10.9. The number of allylic oxidation sites excluding steroid dienone is 5. The molecule has 0 fully saturated rings. The van der Waals surface area contributed by atoms with E-state index in [9.17, 15) is 4.79 Å². The van der Waals surface area contributed by atoms with Crippen molar-refractivity contribution in [2.75, 3.05) is 0 Å². The minimum absolute atomic E-state index is 0.0917. The smallest absolute Gasteiger partial charge is 0.159 e. The van der Waals surface area contributed by atoms with Crippen molar-refractivity contribution in [2.24, 2.45) is 0 Å². The number of Topliss-reactive ketones (excluding diaryl/α,β-unsaturated/α-hetero) is 1. The van der Waals surface area contributed by atoms with Crippen LogP contribution in [0.15, 0.2) is 41.2 Å². The molecule has 0 radical (unpaired) electrons. The van der Waals surface area contributed by atoms with Gasteiger partial charge in [0.25, 0.3) is 0 Å². The van der Waals surface area contributed by atoms with Gasteiger partial charge in [-0.1, -0.05) is 12.2 Å². The highest BCUT2D eigenvalue weighted by atomic mass is 16.1. The summed E-state index contributed by atoms with van der Waals surface area (Å²) in [4.78, 5) is 10.9. The lowest BCUT2D eigenvalue weighted by Gasteiger charge is -1.90. The van der Waals surface area contributed by atoms with Crippen LogP contribution in [-0.4, -0.2) is 5.78 Å². The number of rotatable bonds is 1. The predicted octanol–water partition coefficient (Wildman–Crippen LogP) is 2.17. The molecule has 0 aliphatic heterocycles. The molecule has 0 atom stereocenters. The topological polar surface area (TPSA) is 17.1 Å². The Balaban J connectivity index is 2.96. The maximum atomic E-state index is 10.9.